The van der Waals surface area contributed by atoms with E-state index in [4.69, 9.17) is 18.9 Å². The van der Waals surface area contributed by atoms with Crippen molar-refractivity contribution < 1.29 is 24.1 Å². The molecule has 2 heterocycles. The molecule has 5 heteroatoms. The summed E-state index contributed by atoms with van der Waals surface area (Å²) >= 11 is 0. The molecule has 0 aromatic rings. The van der Waals surface area contributed by atoms with E-state index in [9.17, 15) is 5.11 Å². The monoisotopic (exact) mass is 258 g/mol. The average Bonchev–Trinajstić information content (AvgIpc) is 3.04. The summed E-state index contributed by atoms with van der Waals surface area (Å²) in [5.41, 5.74) is -0.719. The third-order valence-electron chi connectivity index (χ3n) is 4.23. The van der Waals surface area contributed by atoms with Crippen LogP contribution in [-0.2, 0) is 18.9 Å². The molecule has 104 valence electrons. The molecule has 3 aliphatic rings. The second kappa shape index (κ2) is 5.06. The first-order valence-corrected chi connectivity index (χ1v) is 6.90. The number of aliphatic hydroxyl groups is 1. The zero-order chi connectivity index (χ0) is 12.5. The largest absolute Gasteiger partial charge is 0.387 e. The van der Waals surface area contributed by atoms with Crippen LogP contribution in [0.4, 0.5) is 0 Å². The highest BCUT2D eigenvalue weighted by Gasteiger charge is 2.45. The number of rotatable bonds is 3. The first kappa shape index (κ1) is 12.8. The zero-order valence-electron chi connectivity index (χ0n) is 10.7. The molecule has 2 aliphatic heterocycles. The predicted octanol–water partition coefficient (Wildman–Crippen LogP) is 0.840. The molecule has 1 unspecified atom stereocenters. The molecule has 3 fully saturated rings. The highest BCUT2D eigenvalue weighted by Crippen LogP contribution is 2.40. The molecular weight excluding hydrogens is 236 g/mol. The van der Waals surface area contributed by atoms with E-state index in [2.05, 4.69) is 0 Å². The van der Waals surface area contributed by atoms with E-state index in [1.165, 1.54) is 0 Å². The lowest BCUT2D eigenvalue weighted by Crippen LogP contribution is -2.46. The fourth-order valence-electron chi connectivity index (χ4n) is 2.94. The highest BCUT2D eigenvalue weighted by molar-refractivity contribution is 4.91. The van der Waals surface area contributed by atoms with Crippen LogP contribution in [0.1, 0.15) is 32.1 Å². The minimum Gasteiger partial charge on any atom is -0.387 e. The van der Waals surface area contributed by atoms with Gasteiger partial charge in [-0.1, -0.05) is 0 Å². The Kier molecular flexibility index (Phi) is 3.60. The van der Waals surface area contributed by atoms with Gasteiger partial charge in [-0.15, -0.1) is 0 Å². The van der Waals surface area contributed by atoms with Gasteiger partial charge in [0.2, 0.25) is 0 Å². The van der Waals surface area contributed by atoms with E-state index in [0.29, 0.717) is 39.3 Å². The van der Waals surface area contributed by atoms with Crippen LogP contribution in [0.3, 0.4) is 0 Å². The van der Waals surface area contributed by atoms with Crippen molar-refractivity contribution in [2.24, 2.45) is 0 Å². The molecule has 2 saturated heterocycles. The Labute approximate surface area is 107 Å². The van der Waals surface area contributed by atoms with Crippen molar-refractivity contribution >= 4 is 0 Å². The lowest BCUT2D eigenvalue weighted by molar-refractivity contribution is -0.211. The Balaban J connectivity index is 1.47. The molecular formula is C13H22O5. The van der Waals surface area contributed by atoms with Crippen LogP contribution < -0.4 is 0 Å². The standard InChI is InChI=1S/C13H22O5/c14-12(10-16-11-1-6-15-9-11)2-4-13(5-3-12)17-7-8-18-13/h11,14H,1-10H2. The van der Waals surface area contributed by atoms with E-state index >= 15 is 0 Å². The van der Waals surface area contributed by atoms with Crippen LogP contribution in [0.25, 0.3) is 0 Å². The molecule has 0 aromatic heterocycles. The van der Waals surface area contributed by atoms with Crippen molar-refractivity contribution in [1.29, 1.82) is 0 Å². The van der Waals surface area contributed by atoms with Gasteiger partial charge in [0.25, 0.3) is 0 Å². The second-order valence-electron chi connectivity index (χ2n) is 5.63. The molecule has 3 rings (SSSR count). The summed E-state index contributed by atoms with van der Waals surface area (Å²) < 4.78 is 22.3. The zero-order valence-corrected chi connectivity index (χ0v) is 10.7. The molecule has 18 heavy (non-hydrogen) atoms. The maximum Gasteiger partial charge on any atom is 0.168 e. The van der Waals surface area contributed by atoms with Gasteiger partial charge in [0.15, 0.2) is 5.79 Å². The summed E-state index contributed by atoms with van der Waals surface area (Å²) in [4.78, 5) is 0. The van der Waals surface area contributed by atoms with E-state index in [0.717, 1.165) is 25.9 Å². The van der Waals surface area contributed by atoms with E-state index in [-0.39, 0.29) is 6.10 Å². The molecule has 1 atom stereocenters. The maximum absolute atomic E-state index is 10.5. The molecule has 0 aromatic carbocycles. The normalized spacial score (nSPS) is 34.2. The summed E-state index contributed by atoms with van der Waals surface area (Å²) in [5.74, 6) is -0.414. The smallest absolute Gasteiger partial charge is 0.168 e. The van der Waals surface area contributed by atoms with Gasteiger partial charge in [0.1, 0.15) is 0 Å². The van der Waals surface area contributed by atoms with Gasteiger partial charge in [0, 0.05) is 19.4 Å². The van der Waals surface area contributed by atoms with Crippen molar-refractivity contribution in [3.05, 3.63) is 0 Å². The van der Waals surface area contributed by atoms with Gasteiger partial charge in [-0.3, -0.25) is 0 Å². The van der Waals surface area contributed by atoms with Crippen molar-refractivity contribution in [2.45, 2.75) is 49.6 Å². The van der Waals surface area contributed by atoms with E-state index in [1.807, 2.05) is 0 Å². The van der Waals surface area contributed by atoms with E-state index < -0.39 is 11.4 Å². The summed E-state index contributed by atoms with van der Waals surface area (Å²) in [6.45, 7) is 3.18. The molecule has 1 saturated carbocycles. The van der Waals surface area contributed by atoms with Crippen molar-refractivity contribution in [1.82, 2.24) is 0 Å². The highest BCUT2D eigenvalue weighted by atomic mass is 16.7. The fraction of sp³-hybridized carbons (Fsp3) is 1.00. The van der Waals surface area contributed by atoms with Crippen molar-refractivity contribution in [2.75, 3.05) is 33.0 Å². The SMILES string of the molecule is OC1(COC2CCOC2)CCC2(CC1)OCCO2. The van der Waals surface area contributed by atoms with Crippen LogP contribution >= 0.6 is 0 Å². The van der Waals surface area contributed by atoms with Crippen molar-refractivity contribution in [3.63, 3.8) is 0 Å². The quantitative estimate of drug-likeness (QED) is 0.813. The van der Waals surface area contributed by atoms with Crippen LogP contribution in [-0.4, -0.2) is 55.6 Å². The van der Waals surface area contributed by atoms with Crippen LogP contribution in [0.2, 0.25) is 0 Å². The van der Waals surface area contributed by atoms with Gasteiger partial charge < -0.3 is 24.1 Å². The lowest BCUT2D eigenvalue weighted by atomic mass is 9.82. The van der Waals surface area contributed by atoms with Gasteiger partial charge in [0.05, 0.1) is 38.1 Å². The molecule has 0 amide bonds. The van der Waals surface area contributed by atoms with E-state index in [1.54, 1.807) is 0 Å². The summed E-state index contributed by atoms with van der Waals surface area (Å²) in [7, 11) is 0. The van der Waals surface area contributed by atoms with Crippen LogP contribution in [0.15, 0.2) is 0 Å². The molecule has 1 spiro atoms. The van der Waals surface area contributed by atoms with Crippen LogP contribution in [0.5, 0.6) is 0 Å². The maximum atomic E-state index is 10.5. The minimum absolute atomic E-state index is 0.156. The summed E-state index contributed by atoms with van der Waals surface area (Å²) in [5, 5.41) is 10.5. The fourth-order valence-corrected chi connectivity index (χ4v) is 2.94. The molecule has 5 nitrogen and oxygen atoms in total. The van der Waals surface area contributed by atoms with Gasteiger partial charge in [-0.2, -0.15) is 0 Å². The Morgan fingerprint density at radius 2 is 1.78 bits per heavy atom. The molecule has 1 aliphatic carbocycles. The first-order valence-electron chi connectivity index (χ1n) is 6.90. The minimum atomic E-state index is -0.719. The molecule has 0 bridgehead atoms. The number of hydrogen-bond donors (Lipinski definition) is 1. The average molecular weight is 258 g/mol. The van der Waals surface area contributed by atoms with Crippen molar-refractivity contribution in [3.8, 4) is 0 Å². The first-order chi connectivity index (χ1) is 8.70. The third kappa shape index (κ3) is 2.70. The number of ether oxygens (including phenoxy) is 4. The molecule has 0 radical (unpaired) electrons. The number of hydrogen-bond acceptors (Lipinski definition) is 5. The van der Waals surface area contributed by atoms with Gasteiger partial charge >= 0.3 is 0 Å². The topological polar surface area (TPSA) is 57.2 Å². The third-order valence-corrected chi connectivity index (χ3v) is 4.23. The Hall–Kier alpha value is -0.200. The lowest BCUT2D eigenvalue weighted by Gasteiger charge is -2.40. The Morgan fingerprint density at radius 3 is 2.39 bits per heavy atom. The van der Waals surface area contributed by atoms with Crippen LogP contribution in [0, 0.1) is 0 Å². The van der Waals surface area contributed by atoms with Gasteiger partial charge in [-0.05, 0) is 19.3 Å². The Morgan fingerprint density at radius 1 is 1.06 bits per heavy atom. The Bertz CT molecular complexity index is 266. The predicted molar refractivity (Wildman–Crippen MR) is 63.2 cm³/mol. The molecule has 1 N–H and O–H groups in total. The summed E-state index contributed by atoms with van der Waals surface area (Å²) in [6.07, 6.45) is 3.97. The second-order valence-corrected chi connectivity index (χ2v) is 5.63. The summed E-state index contributed by atoms with van der Waals surface area (Å²) in [6, 6.07) is 0. The van der Waals surface area contributed by atoms with Gasteiger partial charge in [-0.25, -0.2) is 0 Å².